The molecule has 6 nitrogen and oxygen atoms in total. The van der Waals surface area contributed by atoms with E-state index in [4.69, 9.17) is 5.26 Å². The van der Waals surface area contributed by atoms with Crippen LogP contribution in [0.5, 0.6) is 0 Å². The van der Waals surface area contributed by atoms with Gasteiger partial charge in [-0.05, 0) is 36.4 Å². The molecule has 2 heterocycles. The van der Waals surface area contributed by atoms with Gasteiger partial charge in [-0.25, -0.2) is 9.37 Å². The number of benzene rings is 2. The lowest BCUT2D eigenvalue weighted by Crippen LogP contribution is -2.48. The van der Waals surface area contributed by atoms with Crippen LogP contribution in [0, 0.1) is 17.1 Å². The van der Waals surface area contributed by atoms with Crippen LogP contribution in [-0.4, -0.2) is 55.1 Å². The van der Waals surface area contributed by atoms with Gasteiger partial charge < -0.3 is 10.2 Å². The third-order valence-corrected chi connectivity index (χ3v) is 6.07. The first-order valence-electron chi connectivity index (χ1n) is 9.45. The first-order valence-corrected chi connectivity index (χ1v) is 10.3. The Hall–Kier alpha value is -2.73. The van der Waals surface area contributed by atoms with Crippen LogP contribution >= 0.6 is 23.7 Å². The maximum absolute atomic E-state index is 13.9. The Kier molecular flexibility index (Phi) is 7.21. The van der Waals surface area contributed by atoms with E-state index in [1.807, 2.05) is 12.1 Å². The average molecular weight is 446 g/mol. The van der Waals surface area contributed by atoms with Crippen LogP contribution in [0.1, 0.15) is 15.9 Å². The van der Waals surface area contributed by atoms with Gasteiger partial charge in [-0.1, -0.05) is 17.4 Å². The maximum Gasteiger partial charge on any atom is 0.251 e. The topological polar surface area (TPSA) is 72.3 Å². The molecule has 2 aromatic carbocycles. The predicted octanol–water partition coefficient (Wildman–Crippen LogP) is 3.28. The van der Waals surface area contributed by atoms with Crippen molar-refractivity contribution in [3.63, 3.8) is 0 Å². The van der Waals surface area contributed by atoms with E-state index in [9.17, 15) is 9.18 Å². The van der Waals surface area contributed by atoms with Gasteiger partial charge in [0, 0.05) is 44.8 Å². The Morgan fingerprint density at radius 2 is 1.90 bits per heavy atom. The number of amides is 1. The molecule has 1 aliphatic heterocycles. The van der Waals surface area contributed by atoms with Crippen molar-refractivity contribution in [2.75, 3.05) is 44.2 Å². The molecule has 30 heavy (non-hydrogen) atoms. The number of para-hydroxylation sites is 1. The predicted molar refractivity (Wildman–Crippen MR) is 119 cm³/mol. The summed E-state index contributed by atoms with van der Waals surface area (Å²) in [6.07, 6.45) is 0. The van der Waals surface area contributed by atoms with Gasteiger partial charge in [0.1, 0.15) is 11.3 Å². The molecule has 0 unspecified atom stereocenters. The van der Waals surface area contributed by atoms with Gasteiger partial charge in [0.25, 0.3) is 5.91 Å². The van der Waals surface area contributed by atoms with Crippen molar-refractivity contribution < 1.29 is 9.18 Å². The molecule has 1 fully saturated rings. The van der Waals surface area contributed by atoms with Gasteiger partial charge in [-0.15, -0.1) is 12.4 Å². The number of hydrogen-bond acceptors (Lipinski definition) is 6. The van der Waals surface area contributed by atoms with Crippen LogP contribution in [0.3, 0.4) is 0 Å². The molecule has 4 rings (SSSR count). The third kappa shape index (κ3) is 4.87. The third-order valence-electron chi connectivity index (χ3n) is 4.99. The van der Waals surface area contributed by atoms with Crippen molar-refractivity contribution in [1.29, 1.82) is 5.26 Å². The highest BCUT2D eigenvalue weighted by Crippen LogP contribution is 2.30. The quantitative estimate of drug-likeness (QED) is 0.652. The molecule has 0 bridgehead atoms. The monoisotopic (exact) mass is 445 g/mol. The summed E-state index contributed by atoms with van der Waals surface area (Å²) in [5.74, 6) is -0.411. The normalized spacial score (nSPS) is 14.2. The van der Waals surface area contributed by atoms with Gasteiger partial charge in [0.2, 0.25) is 0 Å². The molecule has 0 aliphatic carbocycles. The second-order valence-corrected chi connectivity index (χ2v) is 7.87. The number of aromatic nitrogens is 1. The zero-order valence-corrected chi connectivity index (χ0v) is 17.8. The van der Waals surface area contributed by atoms with Crippen LogP contribution in [0.2, 0.25) is 0 Å². The highest BCUT2D eigenvalue weighted by atomic mass is 35.5. The number of hydrogen-bond donors (Lipinski definition) is 1. The fraction of sp³-hybridized carbons (Fsp3) is 0.286. The fourth-order valence-corrected chi connectivity index (χ4v) is 4.36. The summed E-state index contributed by atoms with van der Waals surface area (Å²) in [5, 5.41) is 12.6. The summed E-state index contributed by atoms with van der Waals surface area (Å²) in [6.45, 7) is 4.71. The Morgan fingerprint density at radius 3 is 2.57 bits per heavy atom. The van der Waals surface area contributed by atoms with Gasteiger partial charge in [0.15, 0.2) is 5.13 Å². The van der Waals surface area contributed by atoms with E-state index in [-0.39, 0.29) is 24.1 Å². The van der Waals surface area contributed by atoms with Gasteiger partial charge in [0.05, 0.1) is 16.3 Å². The number of carbonyl (C=O) groups is 1. The zero-order valence-electron chi connectivity index (χ0n) is 16.2. The lowest BCUT2D eigenvalue weighted by atomic mass is 10.1. The number of piperazine rings is 1. The number of nitriles is 1. The molecule has 0 spiro atoms. The molecule has 156 valence electrons. The number of anilines is 1. The SMILES string of the molecule is Cl.N#Cc1ccc(C(=O)NCCN2CCN(c3nc4c(F)cccc4s3)CC2)cc1. The molecule has 1 saturated heterocycles. The van der Waals surface area contributed by atoms with E-state index in [0.29, 0.717) is 23.2 Å². The Bertz CT molecular complexity index is 1060. The minimum atomic E-state index is -0.276. The lowest BCUT2D eigenvalue weighted by Gasteiger charge is -2.34. The van der Waals surface area contributed by atoms with Crippen molar-refractivity contribution in [2.24, 2.45) is 0 Å². The first kappa shape index (κ1) is 22.0. The van der Waals surface area contributed by atoms with Crippen molar-refractivity contribution in [3.05, 3.63) is 59.4 Å². The Morgan fingerprint density at radius 1 is 1.17 bits per heavy atom. The van der Waals surface area contributed by atoms with Crippen LogP contribution < -0.4 is 10.2 Å². The average Bonchev–Trinajstić information content (AvgIpc) is 3.20. The molecular formula is C21H21ClFN5OS. The maximum atomic E-state index is 13.9. The molecule has 1 aliphatic rings. The van der Waals surface area contributed by atoms with Crippen LogP contribution in [0.15, 0.2) is 42.5 Å². The Balaban J connectivity index is 0.00000256. The molecular weight excluding hydrogens is 425 g/mol. The molecule has 1 N–H and O–H groups in total. The molecule has 9 heteroatoms. The standard InChI is InChI=1S/C21H20FN5OS.ClH/c22-17-2-1-3-18-19(17)25-21(29-18)27-12-10-26(11-13-27)9-8-24-20(28)16-6-4-15(14-23)5-7-16;/h1-7H,8-13H2,(H,24,28);1H. The smallest absolute Gasteiger partial charge is 0.251 e. The summed E-state index contributed by atoms with van der Waals surface area (Å²) < 4.78 is 14.7. The fourth-order valence-electron chi connectivity index (χ4n) is 3.33. The van der Waals surface area contributed by atoms with Crippen LogP contribution in [0.25, 0.3) is 10.2 Å². The van der Waals surface area contributed by atoms with Crippen molar-refractivity contribution in [2.45, 2.75) is 0 Å². The summed E-state index contributed by atoms with van der Waals surface area (Å²) in [7, 11) is 0. The van der Waals surface area contributed by atoms with Crippen molar-refractivity contribution >= 4 is 45.0 Å². The lowest BCUT2D eigenvalue weighted by molar-refractivity contribution is 0.0948. The minimum absolute atomic E-state index is 0. The van der Waals surface area contributed by atoms with E-state index in [0.717, 1.165) is 42.6 Å². The number of halogens is 2. The molecule has 3 aromatic rings. The minimum Gasteiger partial charge on any atom is -0.351 e. The zero-order chi connectivity index (χ0) is 20.2. The summed E-state index contributed by atoms with van der Waals surface area (Å²) >= 11 is 1.52. The summed E-state index contributed by atoms with van der Waals surface area (Å²) in [6, 6.07) is 13.7. The highest BCUT2D eigenvalue weighted by Gasteiger charge is 2.20. The summed E-state index contributed by atoms with van der Waals surface area (Å²) in [4.78, 5) is 21.1. The van der Waals surface area contributed by atoms with E-state index >= 15 is 0 Å². The number of carbonyl (C=O) groups excluding carboxylic acids is 1. The number of nitrogens with zero attached hydrogens (tertiary/aromatic N) is 4. The molecule has 1 aromatic heterocycles. The summed E-state index contributed by atoms with van der Waals surface area (Å²) in [5.41, 5.74) is 1.53. The second-order valence-electron chi connectivity index (χ2n) is 6.86. The Labute approximate surface area is 184 Å². The molecule has 0 radical (unpaired) electrons. The molecule has 1 amide bonds. The van der Waals surface area contributed by atoms with Crippen molar-refractivity contribution in [3.8, 4) is 6.07 Å². The first-order chi connectivity index (χ1) is 14.1. The number of fused-ring (bicyclic) bond motifs is 1. The van der Waals surface area contributed by atoms with Gasteiger partial charge in [-0.2, -0.15) is 5.26 Å². The van der Waals surface area contributed by atoms with Crippen LogP contribution in [-0.2, 0) is 0 Å². The number of thiazole rings is 1. The van der Waals surface area contributed by atoms with Crippen molar-refractivity contribution in [1.82, 2.24) is 15.2 Å². The van der Waals surface area contributed by atoms with E-state index in [1.54, 1.807) is 30.3 Å². The van der Waals surface area contributed by atoms with Crippen LogP contribution in [0.4, 0.5) is 9.52 Å². The van der Waals surface area contributed by atoms with E-state index in [2.05, 4.69) is 20.1 Å². The molecule has 0 atom stereocenters. The van der Waals surface area contributed by atoms with E-state index < -0.39 is 0 Å². The number of nitrogens with one attached hydrogen (secondary N) is 1. The van der Waals surface area contributed by atoms with Gasteiger partial charge in [-0.3, -0.25) is 9.69 Å². The van der Waals surface area contributed by atoms with Gasteiger partial charge >= 0.3 is 0 Å². The number of rotatable bonds is 5. The largest absolute Gasteiger partial charge is 0.351 e. The van der Waals surface area contributed by atoms with E-state index in [1.165, 1.54) is 17.4 Å². The highest BCUT2D eigenvalue weighted by molar-refractivity contribution is 7.22. The molecule has 0 saturated carbocycles. The second kappa shape index (κ2) is 9.85.